The van der Waals surface area contributed by atoms with Crippen molar-refractivity contribution in [1.82, 2.24) is 5.32 Å². The molecular weight excluding hydrogens is 264 g/mol. The summed E-state index contributed by atoms with van der Waals surface area (Å²) < 4.78 is 5.13. The molecule has 1 aromatic carbocycles. The Kier molecular flexibility index (Phi) is 6.50. The maximum atomic E-state index is 11.8. The Balaban J connectivity index is 2.60. The molecule has 0 aromatic heterocycles. The zero-order valence-corrected chi connectivity index (χ0v) is 12.4. The van der Waals surface area contributed by atoms with Crippen molar-refractivity contribution < 1.29 is 9.53 Å². The van der Waals surface area contributed by atoms with Crippen LogP contribution in [-0.4, -0.2) is 25.6 Å². The Morgan fingerprint density at radius 1 is 1.47 bits per heavy atom. The van der Waals surface area contributed by atoms with E-state index in [1.54, 1.807) is 32.2 Å². The van der Waals surface area contributed by atoms with Gasteiger partial charge in [-0.2, -0.15) is 0 Å². The van der Waals surface area contributed by atoms with Crippen LogP contribution in [0.5, 0.6) is 5.75 Å². The molecule has 0 aliphatic rings. The summed E-state index contributed by atoms with van der Waals surface area (Å²) in [4.78, 5) is 11.8. The summed E-state index contributed by atoms with van der Waals surface area (Å²) in [5.74, 6) is 0.665. The molecule has 0 fully saturated rings. The molecule has 0 bridgehead atoms. The van der Waals surface area contributed by atoms with E-state index >= 15 is 0 Å². The molecule has 19 heavy (non-hydrogen) atoms. The average Bonchev–Trinajstić information content (AvgIpc) is 2.41. The van der Waals surface area contributed by atoms with Gasteiger partial charge in [-0.25, -0.2) is 0 Å². The number of ether oxygens (including phenoxy) is 1. The van der Waals surface area contributed by atoms with E-state index in [-0.39, 0.29) is 11.9 Å². The van der Waals surface area contributed by atoms with Crippen LogP contribution < -0.4 is 15.4 Å². The highest BCUT2D eigenvalue weighted by molar-refractivity contribution is 6.33. The molecule has 0 saturated heterocycles. The fourth-order valence-corrected chi connectivity index (χ4v) is 1.75. The molecule has 1 rings (SSSR count). The number of benzene rings is 1. The van der Waals surface area contributed by atoms with E-state index in [0.29, 0.717) is 23.0 Å². The number of unbranched alkanes of at least 4 members (excludes halogenated alkanes) is 1. The van der Waals surface area contributed by atoms with Gasteiger partial charge in [-0.05, 0) is 25.5 Å². The predicted octanol–water partition coefficient (Wildman–Crippen LogP) is 3.07. The van der Waals surface area contributed by atoms with Gasteiger partial charge in [0.2, 0.25) is 5.91 Å². The van der Waals surface area contributed by atoms with Gasteiger partial charge in [0.25, 0.3) is 0 Å². The largest absolute Gasteiger partial charge is 0.497 e. The molecule has 5 heteroatoms. The van der Waals surface area contributed by atoms with Crippen molar-refractivity contribution in [3.05, 3.63) is 23.2 Å². The van der Waals surface area contributed by atoms with E-state index in [2.05, 4.69) is 17.6 Å². The van der Waals surface area contributed by atoms with Gasteiger partial charge in [-0.3, -0.25) is 4.79 Å². The monoisotopic (exact) mass is 284 g/mol. The van der Waals surface area contributed by atoms with E-state index < -0.39 is 0 Å². The third-order valence-electron chi connectivity index (χ3n) is 2.77. The minimum atomic E-state index is -0.346. The number of nitrogens with one attached hydrogen (secondary N) is 2. The van der Waals surface area contributed by atoms with Crippen molar-refractivity contribution in [3.8, 4) is 5.75 Å². The standard InChI is InChI=1S/C14H21ClN2O2/c1-4-5-8-16-14(18)10(2)17-13-9-11(19-3)6-7-12(13)15/h6-7,9-10,17H,4-5,8H2,1-3H3,(H,16,18). The third-order valence-corrected chi connectivity index (χ3v) is 3.10. The number of carbonyl (C=O) groups excluding carboxylic acids is 1. The summed E-state index contributed by atoms with van der Waals surface area (Å²) in [7, 11) is 1.59. The Morgan fingerprint density at radius 3 is 2.84 bits per heavy atom. The molecule has 0 saturated carbocycles. The molecule has 1 atom stereocenters. The van der Waals surface area contributed by atoms with Crippen molar-refractivity contribution >= 4 is 23.2 Å². The predicted molar refractivity (Wildman–Crippen MR) is 79.0 cm³/mol. The van der Waals surface area contributed by atoms with Crippen LogP contribution in [0.25, 0.3) is 0 Å². The summed E-state index contributed by atoms with van der Waals surface area (Å²) in [5.41, 5.74) is 0.694. The lowest BCUT2D eigenvalue weighted by molar-refractivity contribution is -0.121. The number of hydrogen-bond acceptors (Lipinski definition) is 3. The fourth-order valence-electron chi connectivity index (χ4n) is 1.58. The van der Waals surface area contributed by atoms with Gasteiger partial charge in [-0.1, -0.05) is 24.9 Å². The maximum Gasteiger partial charge on any atom is 0.242 e. The highest BCUT2D eigenvalue weighted by atomic mass is 35.5. The van der Waals surface area contributed by atoms with Crippen LogP contribution in [0.2, 0.25) is 5.02 Å². The Morgan fingerprint density at radius 2 is 2.21 bits per heavy atom. The van der Waals surface area contributed by atoms with E-state index in [0.717, 1.165) is 12.8 Å². The molecular formula is C14H21ClN2O2. The van der Waals surface area contributed by atoms with Gasteiger partial charge in [0.15, 0.2) is 0 Å². The number of methoxy groups -OCH3 is 1. The summed E-state index contributed by atoms with van der Waals surface area (Å²) in [6, 6.07) is 4.95. The van der Waals surface area contributed by atoms with Crippen LogP contribution >= 0.6 is 11.6 Å². The molecule has 0 heterocycles. The molecule has 1 unspecified atom stereocenters. The van der Waals surface area contributed by atoms with E-state index in [1.165, 1.54) is 0 Å². The Hall–Kier alpha value is -1.42. The van der Waals surface area contributed by atoms with Gasteiger partial charge in [0.05, 0.1) is 17.8 Å². The topological polar surface area (TPSA) is 50.4 Å². The Bertz CT molecular complexity index is 424. The Labute approximate surface area is 119 Å². The van der Waals surface area contributed by atoms with Crippen molar-refractivity contribution in [2.75, 3.05) is 19.0 Å². The first kappa shape index (κ1) is 15.6. The lowest BCUT2D eigenvalue weighted by atomic mass is 10.2. The number of hydrogen-bond donors (Lipinski definition) is 2. The summed E-state index contributed by atoms with van der Waals surface area (Å²) in [5, 5.41) is 6.53. The first-order valence-electron chi connectivity index (χ1n) is 6.46. The SMILES string of the molecule is CCCCNC(=O)C(C)Nc1cc(OC)ccc1Cl. The zero-order valence-electron chi connectivity index (χ0n) is 11.6. The highest BCUT2D eigenvalue weighted by Crippen LogP contribution is 2.27. The average molecular weight is 285 g/mol. The second-order valence-corrected chi connectivity index (χ2v) is 4.76. The van der Waals surface area contributed by atoms with Crippen molar-refractivity contribution in [2.24, 2.45) is 0 Å². The molecule has 106 valence electrons. The van der Waals surface area contributed by atoms with Crippen LogP contribution in [0.15, 0.2) is 18.2 Å². The molecule has 0 aliphatic carbocycles. The smallest absolute Gasteiger partial charge is 0.242 e. The number of anilines is 1. The second-order valence-electron chi connectivity index (χ2n) is 4.36. The summed E-state index contributed by atoms with van der Waals surface area (Å²) >= 11 is 6.08. The zero-order chi connectivity index (χ0) is 14.3. The number of amides is 1. The number of carbonyl (C=O) groups is 1. The van der Waals surface area contributed by atoms with E-state index in [1.807, 2.05) is 0 Å². The summed E-state index contributed by atoms with van der Waals surface area (Å²) in [6.45, 7) is 4.59. The first-order valence-corrected chi connectivity index (χ1v) is 6.84. The molecule has 1 amide bonds. The fraction of sp³-hybridized carbons (Fsp3) is 0.500. The molecule has 4 nitrogen and oxygen atoms in total. The molecule has 1 aromatic rings. The van der Waals surface area contributed by atoms with Gasteiger partial charge in [0, 0.05) is 12.6 Å². The highest BCUT2D eigenvalue weighted by Gasteiger charge is 2.13. The van der Waals surface area contributed by atoms with Gasteiger partial charge < -0.3 is 15.4 Å². The van der Waals surface area contributed by atoms with Crippen molar-refractivity contribution in [1.29, 1.82) is 0 Å². The van der Waals surface area contributed by atoms with Crippen LogP contribution in [0.4, 0.5) is 5.69 Å². The van der Waals surface area contributed by atoms with Crippen LogP contribution in [0, 0.1) is 0 Å². The number of rotatable bonds is 7. The van der Waals surface area contributed by atoms with Gasteiger partial charge >= 0.3 is 0 Å². The van der Waals surface area contributed by atoms with E-state index in [4.69, 9.17) is 16.3 Å². The molecule has 0 spiro atoms. The normalized spacial score (nSPS) is 11.8. The van der Waals surface area contributed by atoms with Gasteiger partial charge in [-0.15, -0.1) is 0 Å². The third kappa shape index (κ3) is 4.99. The van der Waals surface area contributed by atoms with Gasteiger partial charge in [0.1, 0.15) is 11.8 Å². The molecule has 2 N–H and O–H groups in total. The molecule has 0 aliphatic heterocycles. The lowest BCUT2D eigenvalue weighted by Gasteiger charge is -2.16. The van der Waals surface area contributed by atoms with E-state index in [9.17, 15) is 4.79 Å². The summed E-state index contributed by atoms with van der Waals surface area (Å²) in [6.07, 6.45) is 2.04. The molecule has 0 radical (unpaired) electrons. The number of halogens is 1. The minimum absolute atomic E-state index is 0.0349. The van der Waals surface area contributed by atoms with Crippen molar-refractivity contribution in [3.63, 3.8) is 0 Å². The quantitative estimate of drug-likeness (QED) is 0.757. The first-order chi connectivity index (χ1) is 9.08. The lowest BCUT2D eigenvalue weighted by Crippen LogP contribution is -2.38. The van der Waals surface area contributed by atoms with Crippen LogP contribution in [0.1, 0.15) is 26.7 Å². The van der Waals surface area contributed by atoms with Crippen molar-refractivity contribution in [2.45, 2.75) is 32.7 Å². The minimum Gasteiger partial charge on any atom is -0.497 e. The second kappa shape index (κ2) is 7.89. The maximum absolute atomic E-state index is 11.8. The van der Waals surface area contributed by atoms with Crippen LogP contribution in [-0.2, 0) is 4.79 Å². The van der Waals surface area contributed by atoms with Crippen LogP contribution in [0.3, 0.4) is 0 Å².